The molecule has 3 amide bonds. The number of alkyl carbamates (subject to hydrolysis) is 1. The van der Waals surface area contributed by atoms with Crippen molar-refractivity contribution in [1.82, 2.24) is 14.9 Å². The van der Waals surface area contributed by atoms with Crippen LogP contribution in [0.25, 0.3) is 0 Å². The first-order chi connectivity index (χ1) is 23.8. The van der Waals surface area contributed by atoms with Crippen LogP contribution in [0.4, 0.5) is 4.79 Å². The van der Waals surface area contributed by atoms with E-state index >= 15 is 0 Å². The Morgan fingerprint density at radius 2 is 1.50 bits per heavy atom. The monoisotopic (exact) mass is 711 g/mol. The normalized spacial score (nSPS) is 14.2. The molecule has 0 bridgehead atoms. The van der Waals surface area contributed by atoms with E-state index in [1.54, 1.807) is 54.6 Å². The van der Waals surface area contributed by atoms with Crippen LogP contribution in [0.2, 0.25) is 0 Å². The molecule has 0 saturated heterocycles. The summed E-state index contributed by atoms with van der Waals surface area (Å²) in [6.45, 7) is 4.19. The van der Waals surface area contributed by atoms with Gasteiger partial charge in [-0.2, -0.15) is 4.31 Å². The maximum absolute atomic E-state index is 13.9. The molecule has 14 nitrogen and oxygen atoms in total. The predicted octanol–water partition coefficient (Wildman–Crippen LogP) is 2.42. The summed E-state index contributed by atoms with van der Waals surface area (Å²) in [6, 6.07) is 21.1. The van der Waals surface area contributed by atoms with Gasteiger partial charge in [0.05, 0.1) is 29.4 Å². The Bertz CT molecular complexity index is 1660. The van der Waals surface area contributed by atoms with Crippen molar-refractivity contribution in [3.63, 3.8) is 0 Å². The van der Waals surface area contributed by atoms with E-state index in [1.807, 2.05) is 19.9 Å². The van der Waals surface area contributed by atoms with Gasteiger partial charge in [-0.25, -0.2) is 13.2 Å². The lowest BCUT2D eigenvalue weighted by atomic mass is 10.00. The molecule has 0 aliphatic rings. The molecule has 0 unspecified atom stereocenters. The summed E-state index contributed by atoms with van der Waals surface area (Å²) in [6.07, 6.45) is -2.18. The van der Waals surface area contributed by atoms with E-state index in [0.717, 1.165) is 16.1 Å². The lowest BCUT2D eigenvalue weighted by Crippen LogP contribution is -2.58. The highest BCUT2D eigenvalue weighted by Crippen LogP contribution is 2.20. The molecule has 0 aromatic heterocycles. The quantitative estimate of drug-likeness (QED) is 0.0702. The second-order valence-corrected chi connectivity index (χ2v) is 14.0. The molecule has 15 heteroatoms. The van der Waals surface area contributed by atoms with Crippen LogP contribution in [-0.4, -0.2) is 91.1 Å². The van der Waals surface area contributed by atoms with Crippen LogP contribution in [0.1, 0.15) is 37.5 Å². The van der Waals surface area contributed by atoms with E-state index in [-0.39, 0.29) is 36.9 Å². The molecule has 0 fully saturated rings. The van der Waals surface area contributed by atoms with Gasteiger partial charge in [0.15, 0.2) is 0 Å². The van der Waals surface area contributed by atoms with Crippen molar-refractivity contribution in [2.24, 2.45) is 16.8 Å². The molecular formula is C35H45N5O9S. The number of sulfonamides is 1. The van der Waals surface area contributed by atoms with Gasteiger partial charge >= 0.3 is 6.09 Å². The molecule has 3 rings (SSSR count). The largest absolute Gasteiger partial charge is 0.445 e. The fourth-order valence-corrected chi connectivity index (χ4v) is 6.60. The lowest BCUT2D eigenvalue weighted by molar-refractivity contribution is -0.132. The van der Waals surface area contributed by atoms with E-state index in [4.69, 9.17) is 20.4 Å². The van der Waals surface area contributed by atoms with Gasteiger partial charge in [-0.1, -0.05) is 91.8 Å². The molecule has 50 heavy (non-hydrogen) atoms. The third kappa shape index (κ3) is 12.6. The number of amides is 3. The summed E-state index contributed by atoms with van der Waals surface area (Å²) < 4.78 is 39.5. The van der Waals surface area contributed by atoms with E-state index in [2.05, 4.69) is 15.8 Å². The van der Waals surface area contributed by atoms with Gasteiger partial charge in [0, 0.05) is 13.1 Å². The Hall–Kier alpha value is -4.83. The second kappa shape index (κ2) is 19.4. The number of carbonyl (C=O) groups excluding carboxylic acids is 3. The minimum atomic E-state index is -4.13. The Balaban J connectivity index is 1.88. The highest BCUT2D eigenvalue weighted by molar-refractivity contribution is 7.89. The minimum Gasteiger partial charge on any atom is -0.445 e. The Morgan fingerprint density at radius 3 is 2.06 bits per heavy atom. The zero-order valence-electron chi connectivity index (χ0n) is 28.2. The molecule has 270 valence electrons. The molecule has 0 aliphatic heterocycles. The average Bonchev–Trinajstić information content (AvgIpc) is 3.09. The van der Waals surface area contributed by atoms with Crippen molar-refractivity contribution in [2.45, 2.75) is 63.0 Å². The standard InChI is InChI=1S/C35H45N5O9S/c1-24(2)20-40(50(46,47)29-16-14-27(15-17-29)19-37-45)21-31(41)30(18-26-10-6-4-7-11-26)38-34(43)33(25(3)48-23-32(36)42)39-35(44)49-22-28-12-8-5-9-13-28/h4-17,19,24-25,30-31,33,41,45H,18,20-23H2,1-3H3,(H2,36,42)(H,38,43)(H,39,44)/b37-19+/t25-,30+,31-,33+/m1/s1. The lowest BCUT2D eigenvalue weighted by Gasteiger charge is -2.32. The van der Waals surface area contributed by atoms with Crippen molar-refractivity contribution in [2.75, 3.05) is 19.7 Å². The Morgan fingerprint density at radius 1 is 0.900 bits per heavy atom. The predicted molar refractivity (Wildman–Crippen MR) is 186 cm³/mol. The minimum absolute atomic E-state index is 0.0391. The fraction of sp³-hybridized carbons (Fsp3) is 0.371. The number of rotatable bonds is 19. The van der Waals surface area contributed by atoms with Crippen LogP contribution in [0.15, 0.2) is 95.0 Å². The summed E-state index contributed by atoms with van der Waals surface area (Å²) >= 11 is 0. The van der Waals surface area contributed by atoms with Gasteiger partial charge in [0.1, 0.15) is 19.3 Å². The van der Waals surface area contributed by atoms with Crippen molar-refractivity contribution < 1.29 is 42.6 Å². The third-order valence-electron chi connectivity index (χ3n) is 7.50. The fourth-order valence-electron chi connectivity index (χ4n) is 4.98. The van der Waals surface area contributed by atoms with Gasteiger partial charge in [-0.3, -0.25) is 9.59 Å². The number of hydrogen-bond acceptors (Lipinski definition) is 10. The molecule has 0 radical (unpaired) electrons. The SMILES string of the molecule is CC(C)CN(C[C@@H](O)[C@H](Cc1ccccc1)NC(=O)[C@@H](NC(=O)OCc1ccccc1)[C@@H](C)OCC(N)=O)S(=O)(=O)c1ccc(/C=N/O)cc1. The number of hydrogen-bond donors (Lipinski definition) is 5. The van der Waals surface area contributed by atoms with Gasteiger partial charge < -0.3 is 36.2 Å². The number of nitrogens with zero attached hydrogens (tertiary/aromatic N) is 2. The number of nitrogens with two attached hydrogens (primary N) is 1. The molecule has 3 aromatic carbocycles. The first-order valence-corrected chi connectivity index (χ1v) is 17.4. The van der Waals surface area contributed by atoms with Gasteiger partial charge in [0.2, 0.25) is 21.8 Å². The summed E-state index contributed by atoms with van der Waals surface area (Å²) in [5.41, 5.74) is 7.17. The smallest absolute Gasteiger partial charge is 0.408 e. The zero-order valence-corrected chi connectivity index (χ0v) is 29.0. The highest BCUT2D eigenvalue weighted by Gasteiger charge is 2.35. The maximum atomic E-state index is 13.9. The number of nitrogens with one attached hydrogen (secondary N) is 2. The molecule has 0 spiro atoms. The molecule has 4 atom stereocenters. The zero-order chi connectivity index (χ0) is 36.7. The summed E-state index contributed by atoms with van der Waals surface area (Å²) in [4.78, 5) is 38.1. The van der Waals surface area contributed by atoms with Crippen molar-refractivity contribution in [3.05, 3.63) is 102 Å². The topological polar surface area (TPSA) is 210 Å². The number of ether oxygens (including phenoxy) is 2. The molecular weight excluding hydrogens is 666 g/mol. The molecule has 3 aromatic rings. The first-order valence-electron chi connectivity index (χ1n) is 16.0. The average molecular weight is 712 g/mol. The van der Waals surface area contributed by atoms with Crippen molar-refractivity contribution in [3.8, 4) is 0 Å². The van der Waals surface area contributed by atoms with E-state index in [1.165, 1.54) is 31.2 Å². The number of carbonyl (C=O) groups is 3. The molecule has 0 aliphatic carbocycles. The molecule has 6 N–H and O–H groups in total. The number of aliphatic hydroxyl groups is 1. The summed E-state index contributed by atoms with van der Waals surface area (Å²) in [7, 11) is -4.13. The van der Waals surface area contributed by atoms with E-state index in [0.29, 0.717) is 11.1 Å². The van der Waals surface area contributed by atoms with Crippen LogP contribution >= 0.6 is 0 Å². The first kappa shape index (κ1) is 39.6. The molecule has 0 heterocycles. The van der Waals surface area contributed by atoms with Crippen LogP contribution in [0.3, 0.4) is 0 Å². The van der Waals surface area contributed by atoms with Gasteiger partial charge in [-0.15, -0.1) is 0 Å². The maximum Gasteiger partial charge on any atom is 0.408 e. The number of aliphatic hydroxyl groups excluding tert-OH is 1. The Labute approximate surface area is 292 Å². The third-order valence-corrected chi connectivity index (χ3v) is 9.35. The van der Waals surface area contributed by atoms with E-state index < -0.39 is 58.8 Å². The second-order valence-electron chi connectivity index (χ2n) is 12.1. The van der Waals surface area contributed by atoms with Crippen LogP contribution in [-0.2, 0) is 42.1 Å². The summed E-state index contributed by atoms with van der Waals surface area (Å²) in [5.74, 6) is -1.70. The van der Waals surface area contributed by atoms with Gasteiger partial charge in [-0.05, 0) is 48.1 Å². The van der Waals surface area contributed by atoms with Crippen LogP contribution in [0.5, 0.6) is 0 Å². The summed E-state index contributed by atoms with van der Waals surface area (Å²) in [5, 5.41) is 28.7. The van der Waals surface area contributed by atoms with Crippen molar-refractivity contribution in [1.29, 1.82) is 0 Å². The van der Waals surface area contributed by atoms with Crippen molar-refractivity contribution >= 4 is 34.1 Å². The Kier molecular flexibility index (Phi) is 15.4. The molecule has 0 saturated carbocycles. The van der Waals surface area contributed by atoms with Crippen LogP contribution in [0, 0.1) is 5.92 Å². The van der Waals surface area contributed by atoms with E-state index in [9.17, 15) is 27.9 Å². The number of primary amides is 1. The van der Waals surface area contributed by atoms with Gasteiger partial charge in [0.25, 0.3) is 0 Å². The van der Waals surface area contributed by atoms with Crippen LogP contribution < -0.4 is 16.4 Å². The number of benzene rings is 3. The number of oxime groups is 1. The highest BCUT2D eigenvalue weighted by atomic mass is 32.2.